The fraction of sp³-hybridized carbons (Fsp3) is 0. The molecule has 0 aromatic carbocycles. The number of hydrogen-bond donors (Lipinski definition) is 2. The fourth-order valence-corrected chi connectivity index (χ4v) is 0.904. The molecule has 3 N–H and O–H groups in total. The van der Waals surface area contributed by atoms with Crippen LogP contribution in [0.25, 0.3) is 0 Å². The molecular formula is C3H4Br2N2. The molecular weight excluding hydrogens is 224 g/mol. The van der Waals surface area contributed by atoms with Gasteiger partial charge in [0.1, 0.15) is 0 Å². The Bertz CT molecular complexity index is 104. The van der Waals surface area contributed by atoms with Crippen molar-refractivity contribution in [3.05, 3.63) is 10.7 Å². The van der Waals surface area contributed by atoms with Gasteiger partial charge in [-0.1, -0.05) is 0 Å². The van der Waals surface area contributed by atoms with E-state index in [0.29, 0.717) is 4.61 Å². The van der Waals surface area contributed by atoms with Crippen molar-refractivity contribution in [2.45, 2.75) is 0 Å². The second-order valence-electron chi connectivity index (χ2n) is 0.877. The number of halogens is 2. The Morgan fingerprint density at radius 1 is 1.57 bits per heavy atom. The summed E-state index contributed by atoms with van der Waals surface area (Å²) in [5, 5.41) is 6.76. The highest BCUT2D eigenvalue weighted by Crippen LogP contribution is 1.96. The zero-order valence-corrected chi connectivity index (χ0v) is 6.58. The van der Waals surface area contributed by atoms with Crippen LogP contribution in [0.15, 0.2) is 10.7 Å². The molecule has 0 aliphatic rings. The van der Waals surface area contributed by atoms with Crippen molar-refractivity contribution in [1.82, 2.24) is 0 Å². The van der Waals surface area contributed by atoms with Gasteiger partial charge < -0.3 is 5.73 Å². The maximum absolute atomic E-state index is 6.76. The summed E-state index contributed by atoms with van der Waals surface area (Å²) >= 11 is 5.81. The highest BCUT2D eigenvalue weighted by atomic mass is 79.9. The Balaban J connectivity index is 3.68. The second-order valence-corrected chi connectivity index (χ2v) is 2.65. The summed E-state index contributed by atoms with van der Waals surface area (Å²) in [6.45, 7) is 0. The molecule has 0 aliphatic heterocycles. The molecule has 0 saturated heterocycles. The van der Waals surface area contributed by atoms with Crippen molar-refractivity contribution in [3.63, 3.8) is 0 Å². The topological polar surface area (TPSA) is 49.9 Å². The zero-order chi connectivity index (χ0) is 5.86. The van der Waals surface area contributed by atoms with Crippen LogP contribution in [0, 0.1) is 5.41 Å². The van der Waals surface area contributed by atoms with Crippen molar-refractivity contribution >= 4 is 36.5 Å². The summed E-state index contributed by atoms with van der Waals surface area (Å²) in [4.78, 5) is 0. The normalized spacial score (nSPS) is 11.4. The first-order valence-electron chi connectivity index (χ1n) is 1.49. The predicted molar refractivity (Wildman–Crippen MR) is 37.9 cm³/mol. The van der Waals surface area contributed by atoms with E-state index in [0.717, 1.165) is 0 Å². The molecule has 0 spiro atoms. The summed E-state index contributed by atoms with van der Waals surface area (Å²) in [5.41, 5.74) is 5.10. The molecule has 0 bridgehead atoms. The van der Waals surface area contributed by atoms with E-state index in [1.807, 2.05) is 0 Å². The highest BCUT2D eigenvalue weighted by molar-refractivity contribution is 9.18. The third kappa shape index (κ3) is 6.17. The minimum Gasteiger partial charge on any atom is -0.393 e. The van der Waals surface area contributed by atoms with Crippen molar-refractivity contribution in [1.29, 1.82) is 5.41 Å². The molecule has 0 aromatic rings. The van der Waals surface area contributed by atoms with E-state index >= 15 is 0 Å². The van der Waals surface area contributed by atoms with Gasteiger partial charge in [0.2, 0.25) is 0 Å². The second kappa shape index (κ2) is 3.21. The average Bonchev–Trinajstić information content (AvgIpc) is 1.27. The zero-order valence-electron chi connectivity index (χ0n) is 3.41. The summed E-state index contributed by atoms with van der Waals surface area (Å²) in [6.07, 6.45) is 1.44. The minimum absolute atomic E-state index is 0.266. The fourth-order valence-electron chi connectivity index (χ4n) is 0.121. The van der Waals surface area contributed by atoms with Crippen LogP contribution < -0.4 is 5.73 Å². The number of nitrogens with two attached hydrogens (primary N) is 1. The van der Waals surface area contributed by atoms with Crippen LogP contribution >= 0.6 is 31.9 Å². The molecule has 0 radical (unpaired) electrons. The minimum atomic E-state index is 0.266. The van der Waals surface area contributed by atoms with Gasteiger partial charge in [0.25, 0.3) is 0 Å². The highest BCUT2D eigenvalue weighted by Gasteiger charge is 1.80. The van der Waals surface area contributed by atoms with Crippen LogP contribution in [0.4, 0.5) is 0 Å². The molecule has 40 valence electrons. The van der Waals surface area contributed by atoms with Gasteiger partial charge in [0.15, 0.2) is 0 Å². The summed E-state index contributed by atoms with van der Waals surface area (Å²) in [6, 6.07) is 0. The molecule has 0 saturated carbocycles. The predicted octanol–water partition coefficient (Wildman–Crippen LogP) is 1.55. The number of allylic oxidation sites excluding steroid dienone is 1. The maximum Gasteiger partial charge on any atom is 0.0992 e. The van der Waals surface area contributed by atoms with Gasteiger partial charge in [-0.2, -0.15) is 0 Å². The van der Waals surface area contributed by atoms with E-state index in [1.165, 1.54) is 6.08 Å². The Morgan fingerprint density at radius 3 is 2.00 bits per heavy atom. The summed E-state index contributed by atoms with van der Waals surface area (Å²) < 4.78 is 0.719. The number of rotatable bonds is 1. The molecule has 7 heavy (non-hydrogen) atoms. The van der Waals surface area contributed by atoms with Crippen molar-refractivity contribution in [2.75, 3.05) is 0 Å². The van der Waals surface area contributed by atoms with Gasteiger partial charge >= 0.3 is 0 Å². The van der Waals surface area contributed by atoms with E-state index < -0.39 is 0 Å². The third-order valence-corrected chi connectivity index (χ3v) is 0.722. The van der Waals surface area contributed by atoms with Crippen LogP contribution in [0.3, 0.4) is 0 Å². The molecule has 0 fully saturated rings. The standard InChI is InChI=1S/C3H4Br2N2/c4-2(6)1-3(5)7/h1,6H,7H2/b3-1-,6-2?. The summed E-state index contributed by atoms with van der Waals surface area (Å²) in [5.74, 6) is 0. The molecule has 0 unspecified atom stereocenters. The van der Waals surface area contributed by atoms with Gasteiger partial charge in [-0.05, 0) is 31.9 Å². The lowest BCUT2D eigenvalue weighted by Crippen LogP contribution is -1.88. The SMILES string of the molecule is N=C(Br)/C=C(\N)Br. The van der Waals surface area contributed by atoms with Crippen LogP contribution in [0.5, 0.6) is 0 Å². The van der Waals surface area contributed by atoms with Crippen molar-refractivity contribution in [3.8, 4) is 0 Å². The molecule has 0 rings (SSSR count). The van der Waals surface area contributed by atoms with E-state index in [2.05, 4.69) is 31.9 Å². The van der Waals surface area contributed by atoms with Crippen LogP contribution in [0.1, 0.15) is 0 Å². The van der Waals surface area contributed by atoms with Gasteiger partial charge in [-0.15, -0.1) is 0 Å². The Labute approximate surface area is 58.5 Å². The van der Waals surface area contributed by atoms with Crippen LogP contribution in [0.2, 0.25) is 0 Å². The average molecular weight is 228 g/mol. The van der Waals surface area contributed by atoms with E-state index in [9.17, 15) is 0 Å². The van der Waals surface area contributed by atoms with Crippen LogP contribution in [-0.4, -0.2) is 4.62 Å². The third-order valence-electron chi connectivity index (χ3n) is 0.265. The lowest BCUT2D eigenvalue weighted by atomic mass is 10.7. The quantitative estimate of drug-likeness (QED) is 0.519. The van der Waals surface area contributed by atoms with Gasteiger partial charge in [-0.25, -0.2) is 0 Å². The molecule has 0 atom stereocenters. The Hall–Kier alpha value is 0.170. The lowest BCUT2D eigenvalue weighted by Gasteiger charge is -1.80. The maximum atomic E-state index is 6.76. The largest absolute Gasteiger partial charge is 0.393 e. The van der Waals surface area contributed by atoms with E-state index in [1.54, 1.807) is 0 Å². The molecule has 0 aliphatic carbocycles. The van der Waals surface area contributed by atoms with Gasteiger partial charge in [0.05, 0.1) is 9.23 Å². The summed E-state index contributed by atoms with van der Waals surface area (Å²) in [7, 11) is 0. The smallest absolute Gasteiger partial charge is 0.0992 e. The number of nitrogens with one attached hydrogen (secondary N) is 1. The van der Waals surface area contributed by atoms with Gasteiger partial charge in [-0.3, -0.25) is 5.41 Å². The molecule has 0 heterocycles. The van der Waals surface area contributed by atoms with E-state index in [-0.39, 0.29) is 4.62 Å². The molecule has 4 heteroatoms. The van der Waals surface area contributed by atoms with Crippen molar-refractivity contribution in [2.24, 2.45) is 5.73 Å². The van der Waals surface area contributed by atoms with Gasteiger partial charge in [0, 0.05) is 6.08 Å². The Kier molecular flexibility index (Phi) is 3.29. The van der Waals surface area contributed by atoms with Crippen molar-refractivity contribution < 1.29 is 0 Å². The number of hydrogen-bond acceptors (Lipinski definition) is 2. The first-order chi connectivity index (χ1) is 3.13. The Morgan fingerprint density at radius 2 is 2.00 bits per heavy atom. The monoisotopic (exact) mass is 226 g/mol. The molecule has 0 aromatic heterocycles. The molecule has 2 nitrogen and oxygen atoms in total. The van der Waals surface area contributed by atoms with Crippen LogP contribution in [-0.2, 0) is 0 Å². The molecule has 0 amide bonds. The lowest BCUT2D eigenvalue weighted by molar-refractivity contribution is 1.54. The first kappa shape index (κ1) is 7.17. The van der Waals surface area contributed by atoms with E-state index in [4.69, 9.17) is 11.1 Å². The first-order valence-corrected chi connectivity index (χ1v) is 3.08.